The number of anilines is 2. The highest BCUT2D eigenvalue weighted by Gasteiger charge is 2.25. The van der Waals surface area contributed by atoms with Crippen molar-refractivity contribution in [1.29, 1.82) is 5.26 Å². The fourth-order valence-electron chi connectivity index (χ4n) is 4.66. The highest BCUT2D eigenvalue weighted by atomic mass is 16.5. The molecule has 1 atom stereocenters. The summed E-state index contributed by atoms with van der Waals surface area (Å²) in [5.41, 5.74) is 6.18. The van der Waals surface area contributed by atoms with E-state index >= 15 is 0 Å². The molecule has 30 heavy (non-hydrogen) atoms. The lowest BCUT2D eigenvalue weighted by Gasteiger charge is -2.31. The Morgan fingerprint density at radius 3 is 2.87 bits per heavy atom. The average molecular weight is 407 g/mol. The molecule has 2 aliphatic rings. The topological polar surface area (TPSA) is 70.3 Å². The van der Waals surface area contributed by atoms with Gasteiger partial charge in [-0.15, -0.1) is 0 Å². The summed E-state index contributed by atoms with van der Waals surface area (Å²) in [5.74, 6) is 0.514. The van der Waals surface area contributed by atoms with Crippen LogP contribution in [0.1, 0.15) is 47.2 Å². The van der Waals surface area contributed by atoms with Crippen molar-refractivity contribution in [1.82, 2.24) is 4.57 Å². The van der Waals surface area contributed by atoms with Gasteiger partial charge in [-0.05, 0) is 63.6 Å². The second kappa shape index (κ2) is 8.53. The zero-order valence-electron chi connectivity index (χ0n) is 18.1. The molecule has 4 rings (SSSR count). The van der Waals surface area contributed by atoms with Crippen LogP contribution in [0.4, 0.5) is 11.5 Å². The number of benzene rings is 1. The molecule has 1 aromatic heterocycles. The molecule has 1 fully saturated rings. The van der Waals surface area contributed by atoms with Crippen LogP contribution in [0.15, 0.2) is 18.2 Å². The van der Waals surface area contributed by atoms with Gasteiger partial charge >= 0.3 is 0 Å². The number of ether oxygens (including phenoxy) is 1. The van der Waals surface area contributed by atoms with Crippen LogP contribution < -0.4 is 10.2 Å². The third kappa shape index (κ3) is 3.95. The molecule has 1 saturated heterocycles. The number of aryl methyl sites for hydroxylation is 2. The third-order valence-corrected chi connectivity index (χ3v) is 6.39. The first-order valence-corrected chi connectivity index (χ1v) is 10.8. The second-order valence-electron chi connectivity index (χ2n) is 8.50. The molecule has 0 aliphatic carbocycles. The molecule has 3 heterocycles. The fourth-order valence-corrected chi connectivity index (χ4v) is 4.66. The van der Waals surface area contributed by atoms with Gasteiger partial charge in [-0.2, -0.15) is 5.26 Å². The van der Waals surface area contributed by atoms with E-state index in [0.717, 1.165) is 55.8 Å². The van der Waals surface area contributed by atoms with Gasteiger partial charge in [0.15, 0.2) is 0 Å². The molecule has 2 aromatic rings. The fraction of sp³-hybridized carbons (Fsp3) is 0.500. The predicted octanol–water partition coefficient (Wildman–Crippen LogP) is 3.86. The summed E-state index contributed by atoms with van der Waals surface area (Å²) in [6.45, 7) is 8.64. The number of carbonyl (C=O) groups is 1. The standard InChI is InChI=1S/C24H30N4O2/c1-16-8-9-22-19(12-16)6-4-10-27(22)15-23(29)26-24-21(13-25)17(2)18(3)28(24)14-20-7-5-11-30-20/h8-9,12,20H,4-7,10-11,14-15H2,1-3H3,(H,26,29)/t20-/m0/s1. The number of hydrogen-bond acceptors (Lipinski definition) is 4. The van der Waals surface area contributed by atoms with Crippen molar-refractivity contribution in [3.63, 3.8) is 0 Å². The highest BCUT2D eigenvalue weighted by molar-refractivity contribution is 5.95. The van der Waals surface area contributed by atoms with Crippen LogP contribution in [-0.4, -0.2) is 36.3 Å². The van der Waals surface area contributed by atoms with Gasteiger partial charge < -0.3 is 19.5 Å². The maximum atomic E-state index is 13.0. The van der Waals surface area contributed by atoms with Crippen LogP contribution in [-0.2, 0) is 22.5 Å². The lowest BCUT2D eigenvalue weighted by atomic mass is 9.99. The van der Waals surface area contributed by atoms with Crippen LogP contribution >= 0.6 is 0 Å². The normalized spacial score (nSPS) is 18.2. The van der Waals surface area contributed by atoms with Crippen LogP contribution in [0.3, 0.4) is 0 Å². The maximum absolute atomic E-state index is 13.0. The van der Waals surface area contributed by atoms with Crippen molar-refractivity contribution in [3.05, 3.63) is 46.1 Å². The third-order valence-electron chi connectivity index (χ3n) is 6.39. The minimum atomic E-state index is -0.0917. The minimum Gasteiger partial charge on any atom is -0.376 e. The number of nitrogens with one attached hydrogen (secondary N) is 1. The van der Waals surface area contributed by atoms with Gasteiger partial charge in [0.1, 0.15) is 11.9 Å². The van der Waals surface area contributed by atoms with Crippen LogP contribution in [0, 0.1) is 32.1 Å². The number of rotatable bonds is 5. The molecular weight excluding hydrogens is 376 g/mol. The summed E-state index contributed by atoms with van der Waals surface area (Å²) < 4.78 is 7.85. The van der Waals surface area contributed by atoms with Gasteiger partial charge in [0, 0.05) is 24.5 Å². The molecule has 1 N–H and O–H groups in total. The van der Waals surface area contributed by atoms with Gasteiger partial charge in [0.05, 0.1) is 24.8 Å². The van der Waals surface area contributed by atoms with Crippen LogP contribution in [0.25, 0.3) is 0 Å². The molecule has 158 valence electrons. The van der Waals surface area contributed by atoms with E-state index in [9.17, 15) is 10.1 Å². The molecule has 1 amide bonds. The Morgan fingerprint density at radius 1 is 1.30 bits per heavy atom. The smallest absolute Gasteiger partial charge is 0.245 e. The Morgan fingerprint density at radius 2 is 2.13 bits per heavy atom. The number of nitriles is 1. The van der Waals surface area contributed by atoms with E-state index < -0.39 is 0 Å². The molecule has 1 aromatic carbocycles. The van der Waals surface area contributed by atoms with Crippen molar-refractivity contribution in [2.24, 2.45) is 0 Å². The first kappa shape index (κ1) is 20.5. The summed E-state index contributed by atoms with van der Waals surface area (Å²) in [6, 6.07) is 8.72. The number of nitrogens with zero attached hydrogens (tertiary/aromatic N) is 3. The predicted molar refractivity (Wildman–Crippen MR) is 118 cm³/mol. The zero-order valence-corrected chi connectivity index (χ0v) is 18.1. The minimum absolute atomic E-state index is 0.0917. The molecule has 0 radical (unpaired) electrons. The molecule has 0 saturated carbocycles. The van der Waals surface area contributed by atoms with Crippen LogP contribution in [0.5, 0.6) is 0 Å². The largest absolute Gasteiger partial charge is 0.376 e. The van der Waals surface area contributed by atoms with Crippen molar-refractivity contribution in [3.8, 4) is 6.07 Å². The number of hydrogen-bond donors (Lipinski definition) is 1. The van der Waals surface area contributed by atoms with E-state index in [2.05, 4.69) is 46.0 Å². The summed E-state index contributed by atoms with van der Waals surface area (Å²) >= 11 is 0. The van der Waals surface area contributed by atoms with E-state index in [4.69, 9.17) is 4.74 Å². The van der Waals surface area contributed by atoms with Crippen molar-refractivity contribution in [2.45, 2.75) is 59.1 Å². The summed E-state index contributed by atoms with van der Waals surface area (Å²) in [5, 5.41) is 12.8. The van der Waals surface area contributed by atoms with E-state index in [1.165, 1.54) is 11.1 Å². The molecule has 2 aliphatic heterocycles. The maximum Gasteiger partial charge on any atom is 0.245 e. The summed E-state index contributed by atoms with van der Waals surface area (Å²) in [6.07, 6.45) is 4.30. The van der Waals surface area contributed by atoms with Crippen molar-refractivity contribution >= 4 is 17.4 Å². The zero-order chi connectivity index (χ0) is 21.3. The van der Waals surface area contributed by atoms with E-state index in [1.807, 2.05) is 13.8 Å². The Bertz CT molecular complexity index is 996. The molecule has 6 heteroatoms. The first-order valence-electron chi connectivity index (χ1n) is 10.8. The molecule has 6 nitrogen and oxygen atoms in total. The average Bonchev–Trinajstić information content (AvgIpc) is 3.31. The summed E-state index contributed by atoms with van der Waals surface area (Å²) in [7, 11) is 0. The Balaban J connectivity index is 1.55. The number of carbonyl (C=O) groups excluding carboxylic acids is 1. The SMILES string of the molecule is Cc1ccc2c(c1)CCCN2CC(=O)Nc1c(C#N)c(C)c(C)n1C[C@@H]1CCCO1. The van der Waals surface area contributed by atoms with Gasteiger partial charge in [0.2, 0.25) is 5.91 Å². The second-order valence-corrected chi connectivity index (χ2v) is 8.50. The number of aromatic nitrogens is 1. The Hall–Kier alpha value is -2.78. The van der Waals surface area contributed by atoms with Gasteiger partial charge in [0.25, 0.3) is 0 Å². The van der Waals surface area contributed by atoms with Crippen LogP contribution in [0.2, 0.25) is 0 Å². The van der Waals surface area contributed by atoms with Gasteiger partial charge in [-0.3, -0.25) is 4.79 Å². The molecule has 0 unspecified atom stereocenters. The van der Waals surface area contributed by atoms with Crippen molar-refractivity contribution < 1.29 is 9.53 Å². The molecular formula is C24H30N4O2. The number of amides is 1. The van der Waals surface area contributed by atoms with E-state index in [0.29, 0.717) is 17.9 Å². The van der Waals surface area contributed by atoms with E-state index in [1.54, 1.807) is 0 Å². The quantitative estimate of drug-likeness (QED) is 0.819. The molecule has 0 spiro atoms. The first-order chi connectivity index (χ1) is 14.5. The summed E-state index contributed by atoms with van der Waals surface area (Å²) in [4.78, 5) is 15.2. The van der Waals surface area contributed by atoms with Gasteiger partial charge in [-0.25, -0.2) is 0 Å². The lowest BCUT2D eigenvalue weighted by molar-refractivity contribution is -0.115. The highest BCUT2D eigenvalue weighted by Crippen LogP contribution is 2.30. The van der Waals surface area contributed by atoms with Crippen molar-refractivity contribution in [2.75, 3.05) is 29.9 Å². The van der Waals surface area contributed by atoms with E-state index in [-0.39, 0.29) is 18.6 Å². The monoisotopic (exact) mass is 406 g/mol. The lowest BCUT2D eigenvalue weighted by Crippen LogP contribution is -2.37. The number of fused-ring (bicyclic) bond motifs is 1. The Kier molecular flexibility index (Phi) is 5.83. The van der Waals surface area contributed by atoms with Gasteiger partial charge in [-0.1, -0.05) is 17.7 Å². The Labute approximate surface area is 178 Å². The molecule has 0 bridgehead atoms.